The van der Waals surface area contributed by atoms with Gasteiger partial charge in [-0.15, -0.1) is 0 Å². The summed E-state index contributed by atoms with van der Waals surface area (Å²) in [7, 11) is 0. The fraction of sp³-hybridized carbons (Fsp3) is 0.188. The standard InChI is InChI=1S/C16H14O2/c17-15-12-8-4-5-9-13(12)16(18)14(15)10-11-6-2-1-3-7-11/h1-9,14-15,17H,10H2. The van der Waals surface area contributed by atoms with E-state index in [4.69, 9.17) is 0 Å². The normalized spacial score (nSPS) is 21.9. The first-order valence-corrected chi connectivity index (χ1v) is 6.12. The number of aliphatic hydroxyl groups is 1. The summed E-state index contributed by atoms with van der Waals surface area (Å²) in [6.45, 7) is 0. The summed E-state index contributed by atoms with van der Waals surface area (Å²) in [5, 5.41) is 10.3. The number of aliphatic hydroxyl groups excluding tert-OH is 1. The Balaban J connectivity index is 1.91. The molecule has 2 aromatic rings. The van der Waals surface area contributed by atoms with Gasteiger partial charge in [0.05, 0.1) is 12.0 Å². The van der Waals surface area contributed by atoms with Gasteiger partial charge in [-0.05, 0) is 17.5 Å². The topological polar surface area (TPSA) is 37.3 Å². The van der Waals surface area contributed by atoms with Crippen LogP contribution in [-0.4, -0.2) is 10.9 Å². The first-order chi connectivity index (χ1) is 8.77. The number of fused-ring (bicyclic) bond motifs is 1. The molecule has 0 saturated carbocycles. The average Bonchev–Trinajstić information content (AvgIpc) is 2.66. The third-order valence-electron chi connectivity index (χ3n) is 3.56. The minimum atomic E-state index is -0.672. The van der Waals surface area contributed by atoms with E-state index in [0.29, 0.717) is 12.0 Å². The highest BCUT2D eigenvalue weighted by Crippen LogP contribution is 2.37. The van der Waals surface area contributed by atoms with E-state index < -0.39 is 6.10 Å². The lowest BCUT2D eigenvalue weighted by Gasteiger charge is -2.13. The predicted octanol–water partition coefficient (Wildman–Crippen LogP) is 2.78. The van der Waals surface area contributed by atoms with Gasteiger partial charge in [0.25, 0.3) is 0 Å². The van der Waals surface area contributed by atoms with Crippen molar-refractivity contribution in [3.63, 3.8) is 0 Å². The second kappa shape index (κ2) is 4.39. The Bertz CT molecular complexity index is 575. The number of carbonyl (C=O) groups excluding carboxylic acids is 1. The smallest absolute Gasteiger partial charge is 0.169 e. The monoisotopic (exact) mass is 238 g/mol. The summed E-state index contributed by atoms with van der Waals surface area (Å²) in [6, 6.07) is 17.2. The van der Waals surface area contributed by atoms with Crippen LogP contribution in [0.4, 0.5) is 0 Å². The van der Waals surface area contributed by atoms with Crippen molar-refractivity contribution in [2.24, 2.45) is 5.92 Å². The molecule has 2 nitrogen and oxygen atoms in total. The number of benzene rings is 2. The molecule has 2 unspecified atom stereocenters. The highest BCUT2D eigenvalue weighted by molar-refractivity contribution is 6.03. The van der Waals surface area contributed by atoms with Gasteiger partial charge in [0.1, 0.15) is 0 Å². The van der Waals surface area contributed by atoms with Crippen LogP contribution in [0.25, 0.3) is 0 Å². The highest BCUT2D eigenvalue weighted by Gasteiger charge is 2.38. The Morgan fingerprint density at radius 1 is 0.944 bits per heavy atom. The number of ketones is 1. The highest BCUT2D eigenvalue weighted by atomic mass is 16.3. The van der Waals surface area contributed by atoms with Crippen molar-refractivity contribution in [3.8, 4) is 0 Å². The molecule has 90 valence electrons. The summed E-state index contributed by atoms with van der Waals surface area (Å²) in [5.74, 6) is -0.285. The fourth-order valence-electron chi connectivity index (χ4n) is 2.61. The second-order valence-electron chi connectivity index (χ2n) is 4.69. The summed E-state index contributed by atoms with van der Waals surface area (Å²) in [4.78, 5) is 12.3. The first-order valence-electron chi connectivity index (χ1n) is 6.12. The Hall–Kier alpha value is -1.93. The van der Waals surface area contributed by atoms with Gasteiger partial charge in [0.15, 0.2) is 5.78 Å². The largest absolute Gasteiger partial charge is 0.388 e. The molecule has 0 radical (unpaired) electrons. The molecule has 18 heavy (non-hydrogen) atoms. The lowest BCUT2D eigenvalue weighted by Crippen LogP contribution is -2.16. The van der Waals surface area contributed by atoms with Gasteiger partial charge in [-0.25, -0.2) is 0 Å². The minimum absolute atomic E-state index is 0.0574. The van der Waals surface area contributed by atoms with Crippen molar-refractivity contribution in [3.05, 3.63) is 71.3 Å². The molecular formula is C16H14O2. The third-order valence-corrected chi connectivity index (χ3v) is 3.56. The van der Waals surface area contributed by atoms with Crippen molar-refractivity contribution in [1.82, 2.24) is 0 Å². The van der Waals surface area contributed by atoms with Crippen LogP contribution in [0, 0.1) is 5.92 Å². The maximum atomic E-state index is 12.3. The van der Waals surface area contributed by atoms with E-state index in [9.17, 15) is 9.90 Å². The second-order valence-corrected chi connectivity index (χ2v) is 4.69. The zero-order chi connectivity index (χ0) is 12.5. The van der Waals surface area contributed by atoms with Crippen LogP contribution in [0.2, 0.25) is 0 Å². The molecule has 0 bridgehead atoms. The van der Waals surface area contributed by atoms with Crippen LogP contribution in [-0.2, 0) is 6.42 Å². The molecule has 0 heterocycles. The van der Waals surface area contributed by atoms with Crippen LogP contribution >= 0.6 is 0 Å². The van der Waals surface area contributed by atoms with Gasteiger partial charge in [0, 0.05) is 5.56 Å². The Morgan fingerprint density at radius 2 is 1.61 bits per heavy atom. The predicted molar refractivity (Wildman–Crippen MR) is 69.4 cm³/mol. The lowest BCUT2D eigenvalue weighted by molar-refractivity contribution is 0.0757. The van der Waals surface area contributed by atoms with Crippen molar-refractivity contribution in [2.45, 2.75) is 12.5 Å². The van der Waals surface area contributed by atoms with Crippen molar-refractivity contribution < 1.29 is 9.90 Å². The van der Waals surface area contributed by atoms with Crippen molar-refractivity contribution >= 4 is 5.78 Å². The quantitative estimate of drug-likeness (QED) is 0.873. The molecule has 1 aliphatic carbocycles. The molecule has 0 spiro atoms. The van der Waals surface area contributed by atoms with Crippen LogP contribution in [0.1, 0.15) is 27.6 Å². The number of Topliss-reactive ketones (excluding diaryl/α,β-unsaturated/α-hetero) is 1. The molecule has 1 N–H and O–H groups in total. The van der Waals surface area contributed by atoms with E-state index in [1.165, 1.54) is 0 Å². The van der Waals surface area contributed by atoms with Crippen LogP contribution in [0.15, 0.2) is 54.6 Å². The van der Waals surface area contributed by atoms with E-state index in [1.807, 2.05) is 48.5 Å². The number of rotatable bonds is 2. The summed E-state index contributed by atoms with van der Waals surface area (Å²) in [6.07, 6.45) is -0.0795. The lowest BCUT2D eigenvalue weighted by atomic mass is 9.94. The zero-order valence-electron chi connectivity index (χ0n) is 9.91. The molecule has 1 aliphatic rings. The summed E-state index contributed by atoms with van der Waals surface area (Å²) >= 11 is 0. The fourth-order valence-corrected chi connectivity index (χ4v) is 2.61. The van der Waals surface area contributed by atoms with E-state index in [0.717, 1.165) is 11.1 Å². The number of hydrogen-bond donors (Lipinski definition) is 1. The van der Waals surface area contributed by atoms with Gasteiger partial charge < -0.3 is 5.11 Å². The van der Waals surface area contributed by atoms with Crippen molar-refractivity contribution in [2.75, 3.05) is 0 Å². The van der Waals surface area contributed by atoms with Gasteiger partial charge in [-0.3, -0.25) is 4.79 Å². The van der Waals surface area contributed by atoms with E-state index >= 15 is 0 Å². The van der Waals surface area contributed by atoms with Gasteiger partial charge in [-0.2, -0.15) is 0 Å². The van der Waals surface area contributed by atoms with Crippen LogP contribution in [0.5, 0.6) is 0 Å². The Kier molecular flexibility index (Phi) is 2.73. The van der Waals surface area contributed by atoms with Gasteiger partial charge in [0.2, 0.25) is 0 Å². The van der Waals surface area contributed by atoms with E-state index in [-0.39, 0.29) is 11.7 Å². The number of carbonyl (C=O) groups is 1. The average molecular weight is 238 g/mol. The van der Waals surface area contributed by atoms with Crippen LogP contribution in [0.3, 0.4) is 0 Å². The van der Waals surface area contributed by atoms with E-state index in [1.54, 1.807) is 6.07 Å². The van der Waals surface area contributed by atoms with Crippen LogP contribution < -0.4 is 0 Å². The third kappa shape index (κ3) is 1.75. The molecule has 0 saturated heterocycles. The first kappa shape index (κ1) is 11.2. The molecule has 0 fully saturated rings. The molecule has 2 atom stereocenters. The van der Waals surface area contributed by atoms with Crippen molar-refractivity contribution in [1.29, 1.82) is 0 Å². The maximum absolute atomic E-state index is 12.3. The van der Waals surface area contributed by atoms with E-state index in [2.05, 4.69) is 0 Å². The Labute approximate surface area is 106 Å². The number of hydrogen-bond acceptors (Lipinski definition) is 2. The minimum Gasteiger partial charge on any atom is -0.388 e. The van der Waals surface area contributed by atoms with Gasteiger partial charge >= 0.3 is 0 Å². The summed E-state index contributed by atoms with van der Waals surface area (Å²) in [5.41, 5.74) is 2.53. The molecule has 2 aromatic carbocycles. The molecule has 2 heteroatoms. The zero-order valence-corrected chi connectivity index (χ0v) is 9.91. The molecule has 3 rings (SSSR count). The molecule has 0 aliphatic heterocycles. The molecule has 0 amide bonds. The maximum Gasteiger partial charge on any atom is 0.169 e. The molecular weight excluding hydrogens is 224 g/mol. The summed E-state index contributed by atoms with van der Waals surface area (Å²) < 4.78 is 0. The molecule has 0 aromatic heterocycles. The van der Waals surface area contributed by atoms with Gasteiger partial charge in [-0.1, -0.05) is 54.6 Å². The SMILES string of the molecule is O=C1c2ccccc2C(O)C1Cc1ccccc1. The Morgan fingerprint density at radius 3 is 2.33 bits per heavy atom.